The first kappa shape index (κ1) is 17.7. The lowest BCUT2D eigenvalue weighted by atomic mass is 9.86. The van der Waals surface area contributed by atoms with Gasteiger partial charge in [-0.05, 0) is 56.1 Å². The molecule has 0 aliphatic heterocycles. The highest BCUT2D eigenvalue weighted by Crippen LogP contribution is 2.35. The first-order valence-electron chi connectivity index (χ1n) is 8.58. The summed E-state index contributed by atoms with van der Waals surface area (Å²) in [5.74, 6) is 0.976. The highest BCUT2D eigenvalue weighted by atomic mass is 15.1. The third-order valence-corrected chi connectivity index (χ3v) is 4.69. The van der Waals surface area contributed by atoms with Gasteiger partial charge in [0.1, 0.15) is 0 Å². The van der Waals surface area contributed by atoms with E-state index in [0.717, 1.165) is 6.42 Å². The summed E-state index contributed by atoms with van der Waals surface area (Å²) in [6.45, 7) is 9.01. The van der Waals surface area contributed by atoms with Crippen LogP contribution in [-0.2, 0) is 0 Å². The number of nitrogens with zero attached hydrogens (tertiary/aromatic N) is 2. The van der Waals surface area contributed by atoms with Gasteiger partial charge in [0.25, 0.3) is 0 Å². The fourth-order valence-electron chi connectivity index (χ4n) is 3.42. The van der Waals surface area contributed by atoms with E-state index in [1.54, 1.807) is 0 Å². The van der Waals surface area contributed by atoms with Crippen molar-refractivity contribution in [2.45, 2.75) is 52.0 Å². The summed E-state index contributed by atoms with van der Waals surface area (Å²) in [6.07, 6.45) is 2.99. The van der Waals surface area contributed by atoms with Crippen LogP contribution in [-0.4, -0.2) is 24.0 Å². The monoisotopic (exact) mass is 310 g/mol. The van der Waals surface area contributed by atoms with Crippen LogP contribution < -0.4 is 0 Å². The van der Waals surface area contributed by atoms with Crippen LogP contribution in [0.1, 0.15) is 67.5 Å². The number of aryl methyl sites for hydroxylation is 1. The minimum atomic E-state index is 0.407. The van der Waals surface area contributed by atoms with E-state index in [9.17, 15) is 0 Å². The zero-order chi connectivity index (χ0) is 17.0. The van der Waals surface area contributed by atoms with Gasteiger partial charge >= 0.3 is 0 Å². The first-order valence-corrected chi connectivity index (χ1v) is 8.58. The van der Waals surface area contributed by atoms with Crippen molar-refractivity contribution < 1.29 is 0 Å². The quantitative estimate of drug-likeness (QED) is 0.719. The van der Waals surface area contributed by atoms with Crippen LogP contribution in [0.15, 0.2) is 42.6 Å². The molecular formula is C21H30N2. The zero-order valence-electron chi connectivity index (χ0n) is 15.4. The fourth-order valence-corrected chi connectivity index (χ4v) is 3.42. The van der Waals surface area contributed by atoms with Crippen molar-refractivity contribution in [2.24, 2.45) is 0 Å². The molecular weight excluding hydrogens is 280 g/mol. The molecule has 23 heavy (non-hydrogen) atoms. The number of pyridine rings is 1. The van der Waals surface area contributed by atoms with Crippen LogP contribution in [0.3, 0.4) is 0 Å². The summed E-state index contributed by atoms with van der Waals surface area (Å²) >= 11 is 0. The molecule has 2 aromatic rings. The Labute approximate surface area is 141 Å². The molecule has 2 nitrogen and oxygen atoms in total. The summed E-state index contributed by atoms with van der Waals surface area (Å²) < 4.78 is 0. The normalized spacial score (nSPS) is 14.3. The minimum absolute atomic E-state index is 0.407. The molecule has 2 atom stereocenters. The van der Waals surface area contributed by atoms with Gasteiger partial charge in [-0.3, -0.25) is 4.98 Å². The van der Waals surface area contributed by atoms with Crippen molar-refractivity contribution in [3.8, 4) is 0 Å². The Morgan fingerprint density at radius 1 is 0.957 bits per heavy atom. The van der Waals surface area contributed by atoms with E-state index in [1.165, 1.54) is 22.4 Å². The number of hydrogen-bond donors (Lipinski definition) is 0. The molecule has 2 unspecified atom stereocenters. The van der Waals surface area contributed by atoms with Crippen molar-refractivity contribution in [2.75, 3.05) is 14.1 Å². The molecule has 0 aliphatic rings. The van der Waals surface area contributed by atoms with Crippen molar-refractivity contribution in [3.63, 3.8) is 0 Å². The SMILES string of the molecule is Cc1cccnc1C(C)CC(c1ccccc1C(C)C)N(C)C. The maximum absolute atomic E-state index is 4.62. The predicted molar refractivity (Wildman–Crippen MR) is 99.0 cm³/mol. The maximum atomic E-state index is 4.62. The summed E-state index contributed by atoms with van der Waals surface area (Å²) in [7, 11) is 4.36. The fraction of sp³-hybridized carbons (Fsp3) is 0.476. The van der Waals surface area contributed by atoms with Gasteiger partial charge in [0.2, 0.25) is 0 Å². The van der Waals surface area contributed by atoms with E-state index in [0.29, 0.717) is 17.9 Å². The van der Waals surface area contributed by atoms with E-state index in [2.05, 4.69) is 82.0 Å². The molecule has 0 fully saturated rings. The van der Waals surface area contributed by atoms with Crippen molar-refractivity contribution in [1.29, 1.82) is 0 Å². The van der Waals surface area contributed by atoms with Crippen LogP contribution >= 0.6 is 0 Å². The van der Waals surface area contributed by atoms with E-state index < -0.39 is 0 Å². The molecule has 0 spiro atoms. The topological polar surface area (TPSA) is 16.1 Å². The second-order valence-electron chi connectivity index (χ2n) is 7.11. The van der Waals surface area contributed by atoms with Gasteiger partial charge in [-0.2, -0.15) is 0 Å². The molecule has 0 aliphatic carbocycles. The smallest absolute Gasteiger partial charge is 0.0461 e. The molecule has 124 valence electrons. The lowest BCUT2D eigenvalue weighted by molar-refractivity contribution is 0.269. The summed E-state index contributed by atoms with van der Waals surface area (Å²) in [5, 5.41) is 0. The molecule has 0 bridgehead atoms. The van der Waals surface area contributed by atoms with Gasteiger partial charge in [-0.25, -0.2) is 0 Å². The maximum Gasteiger partial charge on any atom is 0.0461 e. The molecule has 2 rings (SSSR count). The van der Waals surface area contributed by atoms with Crippen LogP contribution in [0.5, 0.6) is 0 Å². The molecule has 0 radical (unpaired) electrons. The molecule has 1 aromatic carbocycles. The van der Waals surface area contributed by atoms with Crippen molar-refractivity contribution >= 4 is 0 Å². The standard InChI is InChI=1S/C21H30N2/c1-15(2)18-11-7-8-12-19(18)20(23(5)6)14-17(4)21-16(3)10-9-13-22-21/h7-13,15,17,20H,14H2,1-6H3. The molecule has 1 heterocycles. The van der Waals surface area contributed by atoms with Gasteiger partial charge in [0.15, 0.2) is 0 Å². The van der Waals surface area contributed by atoms with E-state index in [1.807, 2.05) is 12.3 Å². The zero-order valence-corrected chi connectivity index (χ0v) is 15.4. The Morgan fingerprint density at radius 3 is 2.17 bits per heavy atom. The first-order chi connectivity index (χ1) is 10.9. The van der Waals surface area contributed by atoms with Crippen LogP contribution in [0.2, 0.25) is 0 Å². The van der Waals surface area contributed by atoms with Gasteiger partial charge < -0.3 is 4.90 Å². The Hall–Kier alpha value is -1.67. The molecule has 1 aromatic heterocycles. The van der Waals surface area contributed by atoms with Gasteiger partial charge in [0, 0.05) is 23.9 Å². The lowest BCUT2D eigenvalue weighted by Crippen LogP contribution is -2.23. The lowest BCUT2D eigenvalue weighted by Gasteiger charge is -2.30. The summed E-state index contributed by atoms with van der Waals surface area (Å²) in [5.41, 5.74) is 5.42. The number of aromatic nitrogens is 1. The second kappa shape index (κ2) is 7.74. The van der Waals surface area contributed by atoms with Crippen molar-refractivity contribution in [3.05, 3.63) is 65.0 Å². The third-order valence-electron chi connectivity index (χ3n) is 4.69. The van der Waals surface area contributed by atoms with Gasteiger partial charge in [0.05, 0.1) is 0 Å². The average molecular weight is 310 g/mol. The highest BCUT2D eigenvalue weighted by molar-refractivity contribution is 5.33. The second-order valence-corrected chi connectivity index (χ2v) is 7.11. The molecule has 0 amide bonds. The Kier molecular flexibility index (Phi) is 5.95. The van der Waals surface area contributed by atoms with E-state index in [-0.39, 0.29) is 0 Å². The van der Waals surface area contributed by atoms with Gasteiger partial charge in [-0.15, -0.1) is 0 Å². The molecule has 0 N–H and O–H groups in total. The highest BCUT2D eigenvalue weighted by Gasteiger charge is 2.22. The van der Waals surface area contributed by atoms with E-state index in [4.69, 9.17) is 0 Å². The number of benzene rings is 1. The summed E-state index contributed by atoms with van der Waals surface area (Å²) in [4.78, 5) is 6.97. The molecule has 0 saturated carbocycles. The number of hydrogen-bond acceptors (Lipinski definition) is 2. The molecule has 0 saturated heterocycles. The Morgan fingerprint density at radius 2 is 1.61 bits per heavy atom. The number of rotatable bonds is 6. The van der Waals surface area contributed by atoms with Crippen LogP contribution in [0.25, 0.3) is 0 Å². The van der Waals surface area contributed by atoms with E-state index >= 15 is 0 Å². The average Bonchev–Trinajstić information content (AvgIpc) is 2.52. The Bertz CT molecular complexity index is 631. The minimum Gasteiger partial charge on any atom is -0.302 e. The predicted octanol–water partition coefficient (Wildman–Crippen LogP) is 5.31. The summed E-state index contributed by atoms with van der Waals surface area (Å²) in [6, 6.07) is 13.5. The Balaban J connectivity index is 2.32. The van der Waals surface area contributed by atoms with Crippen LogP contribution in [0.4, 0.5) is 0 Å². The largest absolute Gasteiger partial charge is 0.302 e. The van der Waals surface area contributed by atoms with Crippen molar-refractivity contribution in [1.82, 2.24) is 9.88 Å². The molecule has 2 heteroatoms. The van der Waals surface area contributed by atoms with Gasteiger partial charge in [-0.1, -0.05) is 51.1 Å². The third kappa shape index (κ3) is 4.20. The van der Waals surface area contributed by atoms with Crippen LogP contribution in [0, 0.1) is 6.92 Å².